The Hall–Kier alpha value is -4.63. The maximum Gasteiger partial charge on any atom is 0.306 e. The molecule has 0 aliphatic heterocycles. The van der Waals surface area contributed by atoms with Crippen LogP contribution in [0, 0.1) is 23.5 Å². The molecule has 92 heavy (non-hydrogen) atoms. The molecule has 4 fully saturated rings. The number of carbonyl (C=O) groups excluding carboxylic acids is 1. The average Bonchev–Trinajstić information content (AvgIpc) is 1.60. The van der Waals surface area contributed by atoms with E-state index in [1.54, 1.807) is 24.3 Å². The van der Waals surface area contributed by atoms with E-state index < -0.39 is 11.6 Å². The molecule has 0 spiro atoms. The van der Waals surface area contributed by atoms with Crippen molar-refractivity contribution in [1.82, 2.24) is 0 Å². The van der Waals surface area contributed by atoms with Crippen molar-refractivity contribution in [1.29, 1.82) is 0 Å². The third kappa shape index (κ3) is 30.4. The molecule has 8 rings (SSSR count). The maximum atomic E-state index is 14.8. The van der Waals surface area contributed by atoms with Crippen molar-refractivity contribution in [3.05, 3.63) is 113 Å². The largest absolute Gasteiger partial charge is 0.494 e. The van der Waals surface area contributed by atoms with Gasteiger partial charge in [-0.25, -0.2) is 18.6 Å². The summed E-state index contributed by atoms with van der Waals surface area (Å²) in [5, 5.41) is 0. The molecule has 0 aromatic heterocycles. The van der Waals surface area contributed by atoms with E-state index in [0.29, 0.717) is 62.3 Å². The van der Waals surface area contributed by atoms with E-state index in [4.69, 9.17) is 47.7 Å². The molecule has 4 aliphatic carbocycles. The number of halogens is 2. The Labute approximate surface area is 553 Å². The first-order valence-electron chi connectivity index (χ1n) is 36.7. The first-order chi connectivity index (χ1) is 45.1. The number of carbonyl (C=O) groups is 1. The Bertz CT molecular complexity index is 2530. The highest BCUT2D eigenvalue weighted by Gasteiger charge is 2.26. The molecule has 4 aromatic carbocycles. The van der Waals surface area contributed by atoms with Gasteiger partial charge in [-0.05, 0) is 249 Å². The molecule has 514 valence electrons. The topological polar surface area (TPSA) is 109 Å². The smallest absolute Gasteiger partial charge is 0.306 e. The van der Waals surface area contributed by atoms with Crippen molar-refractivity contribution < 1.29 is 61.2 Å². The van der Waals surface area contributed by atoms with Crippen LogP contribution in [0.1, 0.15) is 250 Å². The highest BCUT2D eigenvalue weighted by atomic mass is 19.1. The highest BCUT2D eigenvalue weighted by molar-refractivity contribution is 5.69. The number of aryl methyl sites for hydroxylation is 2. The minimum atomic E-state index is -0.476. The Balaban J connectivity index is 0.000000263. The van der Waals surface area contributed by atoms with E-state index in [9.17, 15) is 13.6 Å². The van der Waals surface area contributed by atoms with Crippen molar-refractivity contribution >= 4 is 5.97 Å². The molecule has 4 aromatic rings. The minimum Gasteiger partial charge on any atom is -0.494 e. The highest BCUT2D eigenvalue weighted by Crippen LogP contribution is 2.32. The lowest BCUT2D eigenvalue weighted by atomic mass is 9.89. The van der Waals surface area contributed by atoms with Crippen molar-refractivity contribution in [3.63, 3.8) is 0 Å². The van der Waals surface area contributed by atoms with Gasteiger partial charge in [0, 0.05) is 32.7 Å². The zero-order valence-electron chi connectivity index (χ0n) is 57.1. The van der Waals surface area contributed by atoms with Crippen LogP contribution < -0.4 is 14.2 Å². The van der Waals surface area contributed by atoms with Crippen LogP contribution in [0.4, 0.5) is 8.78 Å². The number of rotatable bonds is 42. The quantitative estimate of drug-likeness (QED) is 0.0183. The van der Waals surface area contributed by atoms with Crippen LogP contribution in [-0.4, -0.2) is 88.8 Å². The fourth-order valence-corrected chi connectivity index (χ4v) is 12.9. The molecule has 4 saturated carbocycles. The summed E-state index contributed by atoms with van der Waals surface area (Å²) < 4.78 is 76.7. The van der Waals surface area contributed by atoms with Gasteiger partial charge in [-0.15, -0.1) is 0 Å². The molecule has 0 saturated heterocycles. The molecular formula is C79H118F2O11. The van der Waals surface area contributed by atoms with Gasteiger partial charge in [0.05, 0.1) is 56.9 Å². The van der Waals surface area contributed by atoms with Crippen molar-refractivity contribution in [2.45, 2.75) is 289 Å². The van der Waals surface area contributed by atoms with Crippen molar-refractivity contribution in [2.24, 2.45) is 11.8 Å². The van der Waals surface area contributed by atoms with E-state index in [1.165, 1.54) is 107 Å². The second-order valence-corrected chi connectivity index (χ2v) is 27.0. The molecular weight excluding hydrogens is 1160 g/mol. The molecule has 0 heterocycles. The van der Waals surface area contributed by atoms with Crippen LogP contribution in [0.5, 0.6) is 17.2 Å². The van der Waals surface area contributed by atoms with Gasteiger partial charge in [-0.2, -0.15) is 0 Å². The van der Waals surface area contributed by atoms with Gasteiger partial charge in [0.15, 0.2) is 23.1 Å². The van der Waals surface area contributed by atoms with Gasteiger partial charge in [-0.3, -0.25) is 4.79 Å². The lowest BCUT2D eigenvalue weighted by Crippen LogP contribution is -2.28. The monoisotopic (exact) mass is 1280 g/mol. The average molecular weight is 1280 g/mol. The molecule has 0 unspecified atom stereocenters. The molecule has 4 aliphatic rings. The number of unbranched alkanes of at least 4 members (excludes halogenated alkanes) is 9. The van der Waals surface area contributed by atoms with E-state index in [2.05, 4.69) is 76.2 Å². The molecule has 0 atom stereocenters. The van der Waals surface area contributed by atoms with Gasteiger partial charge < -0.3 is 37.9 Å². The van der Waals surface area contributed by atoms with Crippen molar-refractivity contribution in [3.8, 4) is 28.4 Å². The first kappa shape index (κ1) is 74.8. The van der Waals surface area contributed by atoms with Crippen LogP contribution in [0.25, 0.3) is 11.1 Å². The van der Waals surface area contributed by atoms with Crippen LogP contribution in [0.15, 0.2) is 84.9 Å². The second kappa shape index (κ2) is 44.9. The van der Waals surface area contributed by atoms with Crippen LogP contribution in [0.2, 0.25) is 0 Å². The van der Waals surface area contributed by atoms with E-state index in [0.717, 1.165) is 178 Å². The number of hydrogen-bond donors (Lipinski definition) is 0. The molecule has 0 radical (unpaired) electrons. The number of benzene rings is 4. The van der Waals surface area contributed by atoms with Gasteiger partial charge in [-0.1, -0.05) is 108 Å². The van der Waals surface area contributed by atoms with Gasteiger partial charge in [0.25, 0.3) is 0 Å². The normalized spacial score (nSPS) is 21.7. The summed E-state index contributed by atoms with van der Waals surface area (Å²) in [4.78, 5) is 23.3. The molecule has 0 bridgehead atoms. The Kier molecular flexibility index (Phi) is 36.5. The zero-order chi connectivity index (χ0) is 64.6. The first-order valence-corrected chi connectivity index (χ1v) is 36.7. The predicted molar refractivity (Wildman–Crippen MR) is 364 cm³/mol. The van der Waals surface area contributed by atoms with Crippen LogP contribution in [0.3, 0.4) is 0 Å². The number of esters is 1. The third-order valence-corrected chi connectivity index (χ3v) is 19.0. The predicted octanol–water partition coefficient (Wildman–Crippen LogP) is 20.4. The Morgan fingerprint density at radius 2 is 0.783 bits per heavy atom. The second-order valence-electron chi connectivity index (χ2n) is 27.0. The van der Waals surface area contributed by atoms with E-state index in [1.807, 2.05) is 0 Å². The molecule has 0 amide bonds. The summed E-state index contributed by atoms with van der Waals surface area (Å²) >= 11 is 0. The summed E-state index contributed by atoms with van der Waals surface area (Å²) in [6, 6.07) is 26.9. The summed E-state index contributed by atoms with van der Waals surface area (Å²) in [6.45, 7) is 14.2. The van der Waals surface area contributed by atoms with Gasteiger partial charge in [0.2, 0.25) is 0 Å². The molecule has 0 N–H and O–H groups in total. The maximum absolute atomic E-state index is 14.8. The third-order valence-electron chi connectivity index (χ3n) is 19.0. The minimum absolute atomic E-state index is 0.0203. The number of hydrogen-bond acceptors (Lipinski definition) is 11. The zero-order valence-corrected chi connectivity index (χ0v) is 57.1. The fraction of sp³-hybridized carbons (Fsp3) is 0.684. The summed E-state index contributed by atoms with van der Waals surface area (Å²) in [5.41, 5.74) is 5.08. The summed E-state index contributed by atoms with van der Waals surface area (Å²) in [5.74, 6) is 2.07. The van der Waals surface area contributed by atoms with Crippen molar-refractivity contribution in [2.75, 3.05) is 46.2 Å². The molecule has 13 heteroatoms. The van der Waals surface area contributed by atoms with E-state index >= 15 is 0 Å². The van der Waals surface area contributed by atoms with Gasteiger partial charge >= 0.3 is 5.97 Å². The summed E-state index contributed by atoms with van der Waals surface area (Å²) in [6.07, 6.45) is 37.8. The Morgan fingerprint density at radius 1 is 0.391 bits per heavy atom. The SMILES string of the molecule is CCCCCC(=O)OC1CCC(OCCCCOc2ccc(-c3ccc(OCCCCCCOC4CCC(C)CC4)c(F)c3)cc2F)CC1.CCCCCOC1CCC(OOCc2ccc(CCCCc3ccc(OCCCOC4CCC(C)CC4)cc3)cc2)CC1. The van der Waals surface area contributed by atoms with Crippen LogP contribution in [-0.2, 0) is 57.7 Å². The Morgan fingerprint density at radius 3 is 1.28 bits per heavy atom. The standard InChI is InChI=1S/C41H60F2O6.C38H58O5/c1-3-4-7-12-41(44)49-36-21-19-35(20-22-36)46-26-10-11-28-48-40-24-16-33(30-38(40)43)32-15-23-39(37(42)29-32)47-27-9-6-5-8-25-45-34-17-13-31(2)14-18-34;1-3-4-7-27-39-37-23-25-38(26-24-37)43-42-30-34-15-13-32(14-16-34)9-5-6-10-33-17-21-36(22-18-33)41-29-8-28-40-35-19-11-31(2)12-20-35/h15-16,23-24,29-31,34-36H,3-14,17-22,25-28H2,1-2H3;13-18,21-22,31,35,37-38H,3-12,19-20,23-30H2,1-2H3. The lowest BCUT2D eigenvalue weighted by molar-refractivity contribution is -0.338. The van der Waals surface area contributed by atoms with Gasteiger partial charge in [0.1, 0.15) is 18.5 Å². The lowest BCUT2D eigenvalue weighted by Gasteiger charge is -2.28. The van der Waals surface area contributed by atoms with E-state index in [-0.39, 0.29) is 35.8 Å². The van der Waals surface area contributed by atoms with Crippen LogP contribution >= 0.6 is 0 Å². The molecule has 11 nitrogen and oxygen atoms in total. The summed E-state index contributed by atoms with van der Waals surface area (Å²) in [7, 11) is 0. The fourth-order valence-electron chi connectivity index (χ4n) is 12.9. The number of ether oxygens (including phenoxy) is 8.